The molecule has 1 fully saturated rings. The third-order valence-corrected chi connectivity index (χ3v) is 3.39. The zero-order valence-electron chi connectivity index (χ0n) is 12.3. The average molecular weight is 297 g/mol. The topological polar surface area (TPSA) is 106 Å². The number of nitrogen functional groups attached to an aromatic ring is 1. The van der Waals surface area contributed by atoms with Gasteiger partial charge in [0.25, 0.3) is 0 Å². The monoisotopic (exact) mass is 297 g/mol. The number of piperidine rings is 1. The number of hydrogen-bond acceptors (Lipinski definition) is 8. The molecule has 1 aliphatic rings. The number of ether oxygens (including phenoxy) is 2. The van der Waals surface area contributed by atoms with E-state index >= 15 is 0 Å². The third kappa shape index (κ3) is 4.50. The Bertz CT molecular complexity index is 438. The lowest BCUT2D eigenvalue weighted by Crippen LogP contribution is -2.38. The molecular weight excluding hydrogens is 274 g/mol. The molecule has 2 rings (SSSR count). The summed E-state index contributed by atoms with van der Waals surface area (Å²) in [6.45, 7) is 2.51. The van der Waals surface area contributed by atoms with E-state index in [-0.39, 0.29) is 12.7 Å². The maximum absolute atomic E-state index is 8.78. The first kappa shape index (κ1) is 15.9. The lowest BCUT2D eigenvalue weighted by atomic mass is 10.1. The number of hydrogen-bond donors (Lipinski definition) is 3. The second-order valence-corrected chi connectivity index (χ2v) is 4.89. The molecule has 1 aliphatic heterocycles. The molecule has 0 radical (unpaired) electrons. The highest BCUT2D eigenvalue weighted by molar-refractivity contribution is 5.49. The zero-order chi connectivity index (χ0) is 15.1. The van der Waals surface area contributed by atoms with Crippen molar-refractivity contribution < 1.29 is 14.6 Å². The molecule has 0 aromatic carbocycles. The van der Waals surface area contributed by atoms with Crippen molar-refractivity contribution in [2.24, 2.45) is 5.84 Å². The fraction of sp³-hybridized carbons (Fsp3) is 0.692. The number of aliphatic hydroxyl groups excluding tert-OH is 1. The first-order chi connectivity index (χ1) is 10.3. The summed E-state index contributed by atoms with van der Waals surface area (Å²) in [4.78, 5) is 10.9. The Morgan fingerprint density at radius 3 is 2.81 bits per heavy atom. The average Bonchev–Trinajstić information content (AvgIpc) is 2.53. The summed E-state index contributed by atoms with van der Waals surface area (Å²) in [5.41, 5.74) is 2.56. The van der Waals surface area contributed by atoms with Gasteiger partial charge < -0.3 is 24.9 Å². The molecule has 0 atom stereocenters. The summed E-state index contributed by atoms with van der Waals surface area (Å²) in [6.07, 6.45) is 2.03. The smallest absolute Gasteiger partial charge is 0.158 e. The standard InChI is InChI=1S/C13H23N5O3/c1-20-9-12-15-11(17-14)8-13(16-12)18-4-2-10(3-5-18)21-7-6-19/h8,10,19H,2-7,9,14H2,1H3,(H,15,16,17). The molecule has 0 aliphatic carbocycles. The maximum Gasteiger partial charge on any atom is 0.158 e. The Morgan fingerprint density at radius 1 is 1.43 bits per heavy atom. The summed E-state index contributed by atoms with van der Waals surface area (Å²) in [5, 5.41) is 8.78. The van der Waals surface area contributed by atoms with Gasteiger partial charge in [-0.25, -0.2) is 15.8 Å². The second kappa shape index (κ2) is 8.08. The SMILES string of the molecule is COCc1nc(NN)cc(N2CCC(OCCO)CC2)n1. The van der Waals surface area contributed by atoms with E-state index in [1.807, 2.05) is 6.07 Å². The summed E-state index contributed by atoms with van der Waals surface area (Å²) < 4.78 is 10.6. The normalized spacial score (nSPS) is 16.2. The molecule has 118 valence electrons. The highest BCUT2D eigenvalue weighted by Crippen LogP contribution is 2.21. The first-order valence-electron chi connectivity index (χ1n) is 7.07. The van der Waals surface area contributed by atoms with Gasteiger partial charge in [0.15, 0.2) is 5.82 Å². The molecule has 8 nitrogen and oxygen atoms in total. The van der Waals surface area contributed by atoms with Gasteiger partial charge in [-0.1, -0.05) is 0 Å². The van der Waals surface area contributed by atoms with Crippen LogP contribution < -0.4 is 16.2 Å². The van der Waals surface area contributed by atoms with Crippen LogP contribution in [0.3, 0.4) is 0 Å². The van der Waals surface area contributed by atoms with Crippen molar-refractivity contribution in [1.82, 2.24) is 9.97 Å². The summed E-state index contributed by atoms with van der Waals surface area (Å²) in [5.74, 6) is 7.46. The Balaban J connectivity index is 2.00. The van der Waals surface area contributed by atoms with Crippen LogP contribution in [0.4, 0.5) is 11.6 Å². The molecule has 4 N–H and O–H groups in total. The van der Waals surface area contributed by atoms with Crippen molar-refractivity contribution in [2.75, 3.05) is 43.7 Å². The predicted octanol–water partition coefficient (Wildman–Crippen LogP) is -0.114. The number of methoxy groups -OCH3 is 1. The van der Waals surface area contributed by atoms with Gasteiger partial charge in [-0.05, 0) is 12.8 Å². The van der Waals surface area contributed by atoms with Crippen LogP contribution in [0.2, 0.25) is 0 Å². The molecule has 0 unspecified atom stereocenters. The number of aromatic nitrogens is 2. The quantitative estimate of drug-likeness (QED) is 0.473. The third-order valence-electron chi connectivity index (χ3n) is 3.39. The number of nitrogens with zero attached hydrogens (tertiary/aromatic N) is 3. The molecule has 2 heterocycles. The first-order valence-corrected chi connectivity index (χ1v) is 7.07. The van der Waals surface area contributed by atoms with Gasteiger partial charge in [-0.15, -0.1) is 0 Å². The molecule has 1 aromatic rings. The van der Waals surface area contributed by atoms with Crippen molar-refractivity contribution in [3.05, 3.63) is 11.9 Å². The minimum absolute atomic E-state index is 0.0675. The minimum Gasteiger partial charge on any atom is -0.394 e. The van der Waals surface area contributed by atoms with E-state index in [0.717, 1.165) is 31.7 Å². The van der Waals surface area contributed by atoms with Gasteiger partial charge in [0, 0.05) is 26.3 Å². The van der Waals surface area contributed by atoms with Gasteiger partial charge in [0.2, 0.25) is 0 Å². The van der Waals surface area contributed by atoms with E-state index < -0.39 is 0 Å². The van der Waals surface area contributed by atoms with Gasteiger partial charge in [-0.3, -0.25) is 0 Å². The number of aliphatic hydroxyl groups is 1. The summed E-state index contributed by atoms with van der Waals surface area (Å²) in [7, 11) is 1.61. The molecule has 8 heteroatoms. The van der Waals surface area contributed by atoms with Crippen molar-refractivity contribution in [1.29, 1.82) is 0 Å². The molecule has 21 heavy (non-hydrogen) atoms. The van der Waals surface area contributed by atoms with E-state index in [1.165, 1.54) is 0 Å². The van der Waals surface area contributed by atoms with E-state index in [9.17, 15) is 0 Å². The molecular formula is C13H23N5O3. The van der Waals surface area contributed by atoms with Crippen LogP contribution in [0, 0.1) is 0 Å². The number of hydrazine groups is 1. The van der Waals surface area contributed by atoms with E-state index in [1.54, 1.807) is 7.11 Å². The highest BCUT2D eigenvalue weighted by Gasteiger charge is 2.21. The van der Waals surface area contributed by atoms with E-state index in [2.05, 4.69) is 20.3 Å². The van der Waals surface area contributed by atoms with Gasteiger partial charge in [0.05, 0.1) is 19.3 Å². The second-order valence-electron chi connectivity index (χ2n) is 4.89. The maximum atomic E-state index is 8.78. The van der Waals surface area contributed by atoms with Crippen LogP contribution in [0.5, 0.6) is 0 Å². The lowest BCUT2D eigenvalue weighted by Gasteiger charge is -2.32. The van der Waals surface area contributed by atoms with Crippen LogP contribution >= 0.6 is 0 Å². The van der Waals surface area contributed by atoms with Gasteiger partial charge in [0.1, 0.15) is 18.2 Å². The highest BCUT2D eigenvalue weighted by atomic mass is 16.5. The number of anilines is 2. The molecule has 1 saturated heterocycles. The fourth-order valence-corrected chi connectivity index (χ4v) is 2.38. The Hall–Kier alpha value is -1.48. The summed E-state index contributed by atoms with van der Waals surface area (Å²) >= 11 is 0. The van der Waals surface area contributed by atoms with Crippen LogP contribution in [0.1, 0.15) is 18.7 Å². The predicted molar refractivity (Wildman–Crippen MR) is 78.8 cm³/mol. The lowest BCUT2D eigenvalue weighted by molar-refractivity contribution is 0.0158. The van der Waals surface area contributed by atoms with Gasteiger partial charge >= 0.3 is 0 Å². The van der Waals surface area contributed by atoms with Crippen molar-refractivity contribution in [3.63, 3.8) is 0 Å². The summed E-state index contributed by atoms with van der Waals surface area (Å²) in [6, 6.07) is 1.83. The largest absolute Gasteiger partial charge is 0.394 e. The van der Waals surface area contributed by atoms with E-state index in [4.69, 9.17) is 20.4 Å². The van der Waals surface area contributed by atoms with Crippen molar-refractivity contribution in [2.45, 2.75) is 25.6 Å². The molecule has 0 bridgehead atoms. The zero-order valence-corrected chi connectivity index (χ0v) is 12.3. The molecule has 0 saturated carbocycles. The van der Waals surface area contributed by atoms with Crippen molar-refractivity contribution >= 4 is 11.6 Å². The minimum atomic E-state index is 0.0675. The van der Waals surface area contributed by atoms with E-state index in [0.29, 0.717) is 24.9 Å². The van der Waals surface area contributed by atoms with Crippen LogP contribution in [-0.4, -0.2) is 54.6 Å². The Morgan fingerprint density at radius 2 is 2.19 bits per heavy atom. The Kier molecular flexibility index (Phi) is 6.12. The van der Waals surface area contributed by atoms with Gasteiger partial charge in [-0.2, -0.15) is 0 Å². The van der Waals surface area contributed by atoms with Crippen LogP contribution in [-0.2, 0) is 16.1 Å². The number of nitrogens with two attached hydrogens (primary N) is 1. The van der Waals surface area contributed by atoms with Crippen LogP contribution in [0.25, 0.3) is 0 Å². The van der Waals surface area contributed by atoms with Crippen molar-refractivity contribution in [3.8, 4) is 0 Å². The number of nitrogens with one attached hydrogen (secondary N) is 1. The fourth-order valence-electron chi connectivity index (χ4n) is 2.38. The van der Waals surface area contributed by atoms with Crippen LogP contribution in [0.15, 0.2) is 6.07 Å². The molecule has 0 spiro atoms. The molecule has 1 aromatic heterocycles. The Labute approximate surface area is 124 Å². The molecule has 0 amide bonds. The number of rotatable bonds is 7.